The van der Waals surface area contributed by atoms with E-state index in [1.54, 1.807) is 7.11 Å². The molecule has 1 rings (SSSR count). The lowest BCUT2D eigenvalue weighted by Crippen LogP contribution is -2.05. The Kier molecular flexibility index (Phi) is 5.12. The number of ether oxygens (including phenoxy) is 1. The minimum Gasteiger partial charge on any atom is -0.496 e. The highest BCUT2D eigenvalue weighted by atomic mass is 16.5. The number of benzene rings is 1. The van der Waals surface area contributed by atoms with E-state index in [4.69, 9.17) is 9.84 Å². The SMILES string of the molecule is COc1ccc(NCCCCO)c(C)c1C. The maximum Gasteiger partial charge on any atom is 0.122 e. The summed E-state index contributed by atoms with van der Waals surface area (Å²) in [4.78, 5) is 0. The van der Waals surface area contributed by atoms with Crippen molar-refractivity contribution in [3.63, 3.8) is 0 Å². The number of aliphatic hydroxyl groups is 1. The number of rotatable bonds is 6. The Bertz CT molecular complexity index is 337. The van der Waals surface area contributed by atoms with Crippen molar-refractivity contribution in [1.82, 2.24) is 0 Å². The number of nitrogens with one attached hydrogen (secondary N) is 1. The highest BCUT2D eigenvalue weighted by Crippen LogP contribution is 2.27. The van der Waals surface area contributed by atoms with Gasteiger partial charge in [-0.3, -0.25) is 0 Å². The lowest BCUT2D eigenvalue weighted by Gasteiger charge is -2.14. The molecule has 0 bridgehead atoms. The zero-order valence-electron chi connectivity index (χ0n) is 10.3. The molecule has 0 radical (unpaired) electrons. The Morgan fingerprint density at radius 1 is 1.19 bits per heavy atom. The van der Waals surface area contributed by atoms with E-state index >= 15 is 0 Å². The summed E-state index contributed by atoms with van der Waals surface area (Å²) in [5.41, 5.74) is 3.55. The highest BCUT2D eigenvalue weighted by Gasteiger charge is 2.05. The molecule has 0 aliphatic carbocycles. The Morgan fingerprint density at radius 3 is 2.56 bits per heavy atom. The third-order valence-corrected chi connectivity index (χ3v) is 2.86. The lowest BCUT2D eigenvalue weighted by atomic mass is 10.1. The number of hydrogen-bond acceptors (Lipinski definition) is 3. The summed E-state index contributed by atoms with van der Waals surface area (Å²) >= 11 is 0. The van der Waals surface area contributed by atoms with Crippen LogP contribution in [-0.2, 0) is 0 Å². The minimum atomic E-state index is 0.266. The summed E-state index contributed by atoms with van der Waals surface area (Å²) in [6, 6.07) is 4.02. The maximum atomic E-state index is 8.69. The normalized spacial score (nSPS) is 10.2. The van der Waals surface area contributed by atoms with Gasteiger partial charge in [-0.15, -0.1) is 0 Å². The van der Waals surface area contributed by atoms with E-state index in [0.29, 0.717) is 0 Å². The van der Waals surface area contributed by atoms with E-state index in [1.807, 2.05) is 12.1 Å². The van der Waals surface area contributed by atoms with Crippen LogP contribution in [-0.4, -0.2) is 25.4 Å². The summed E-state index contributed by atoms with van der Waals surface area (Å²) in [7, 11) is 1.69. The fraction of sp³-hybridized carbons (Fsp3) is 0.538. The molecule has 0 aliphatic rings. The van der Waals surface area contributed by atoms with Gasteiger partial charge in [0.15, 0.2) is 0 Å². The summed E-state index contributed by atoms with van der Waals surface area (Å²) in [5, 5.41) is 12.1. The molecule has 0 saturated heterocycles. The Balaban J connectivity index is 2.64. The first-order valence-corrected chi connectivity index (χ1v) is 5.69. The molecule has 0 spiro atoms. The molecule has 0 atom stereocenters. The van der Waals surface area contributed by atoms with Gasteiger partial charge < -0.3 is 15.2 Å². The van der Waals surface area contributed by atoms with E-state index in [-0.39, 0.29) is 6.61 Å². The first-order chi connectivity index (χ1) is 7.70. The molecule has 0 amide bonds. The van der Waals surface area contributed by atoms with Crippen molar-refractivity contribution in [3.05, 3.63) is 23.3 Å². The van der Waals surface area contributed by atoms with Crippen molar-refractivity contribution >= 4 is 5.69 Å². The Labute approximate surface area is 97.4 Å². The van der Waals surface area contributed by atoms with Gasteiger partial charge in [0.2, 0.25) is 0 Å². The fourth-order valence-electron chi connectivity index (χ4n) is 1.67. The van der Waals surface area contributed by atoms with Crippen molar-refractivity contribution in [2.45, 2.75) is 26.7 Å². The van der Waals surface area contributed by atoms with E-state index in [1.165, 1.54) is 11.1 Å². The zero-order valence-corrected chi connectivity index (χ0v) is 10.3. The van der Waals surface area contributed by atoms with E-state index in [2.05, 4.69) is 19.2 Å². The molecule has 16 heavy (non-hydrogen) atoms. The van der Waals surface area contributed by atoms with Crippen LogP contribution in [0, 0.1) is 13.8 Å². The van der Waals surface area contributed by atoms with Gasteiger partial charge >= 0.3 is 0 Å². The van der Waals surface area contributed by atoms with Crippen LogP contribution in [0.2, 0.25) is 0 Å². The van der Waals surface area contributed by atoms with Gasteiger partial charge in [-0.2, -0.15) is 0 Å². The van der Waals surface area contributed by atoms with Crippen LogP contribution >= 0.6 is 0 Å². The highest BCUT2D eigenvalue weighted by molar-refractivity contribution is 5.58. The Hall–Kier alpha value is -1.22. The largest absolute Gasteiger partial charge is 0.496 e. The molecule has 0 aliphatic heterocycles. The zero-order chi connectivity index (χ0) is 12.0. The first kappa shape index (κ1) is 12.8. The van der Waals surface area contributed by atoms with Crippen molar-refractivity contribution in [3.8, 4) is 5.75 Å². The van der Waals surface area contributed by atoms with Gasteiger partial charge in [0.05, 0.1) is 7.11 Å². The first-order valence-electron chi connectivity index (χ1n) is 5.69. The summed E-state index contributed by atoms with van der Waals surface area (Å²) in [6.07, 6.45) is 1.84. The van der Waals surface area contributed by atoms with Crippen molar-refractivity contribution in [2.24, 2.45) is 0 Å². The third kappa shape index (κ3) is 3.14. The maximum absolute atomic E-state index is 8.69. The molecule has 3 nitrogen and oxygen atoms in total. The van der Waals surface area contributed by atoms with E-state index in [0.717, 1.165) is 30.8 Å². The Morgan fingerprint density at radius 2 is 1.94 bits per heavy atom. The number of methoxy groups -OCH3 is 1. The van der Waals surface area contributed by atoms with Gasteiger partial charge in [-0.25, -0.2) is 0 Å². The standard InChI is InChI=1S/C13H21NO2/c1-10-11(2)13(16-3)7-6-12(10)14-8-4-5-9-15/h6-7,14-15H,4-5,8-9H2,1-3H3. The molecule has 2 N–H and O–H groups in total. The van der Waals surface area contributed by atoms with Crippen LogP contribution in [0.25, 0.3) is 0 Å². The predicted molar refractivity (Wildman–Crippen MR) is 67.3 cm³/mol. The summed E-state index contributed by atoms with van der Waals surface area (Å²) in [5.74, 6) is 0.929. The average Bonchev–Trinajstić information content (AvgIpc) is 2.30. The second-order valence-corrected chi connectivity index (χ2v) is 3.92. The number of unbranched alkanes of at least 4 members (excludes halogenated alkanes) is 1. The fourth-order valence-corrected chi connectivity index (χ4v) is 1.67. The van der Waals surface area contributed by atoms with E-state index < -0.39 is 0 Å². The summed E-state index contributed by atoms with van der Waals surface area (Å²) < 4.78 is 5.26. The van der Waals surface area contributed by atoms with Crippen LogP contribution < -0.4 is 10.1 Å². The molecule has 0 fully saturated rings. The topological polar surface area (TPSA) is 41.5 Å². The number of anilines is 1. The molecular weight excluding hydrogens is 202 g/mol. The van der Waals surface area contributed by atoms with Gasteiger partial charge in [0.1, 0.15) is 5.75 Å². The minimum absolute atomic E-state index is 0.266. The molecule has 0 saturated carbocycles. The van der Waals surface area contributed by atoms with Crippen molar-refractivity contribution in [1.29, 1.82) is 0 Å². The second kappa shape index (κ2) is 6.38. The number of hydrogen-bond donors (Lipinski definition) is 2. The summed E-state index contributed by atoms with van der Waals surface area (Å²) in [6.45, 7) is 5.31. The van der Waals surface area contributed by atoms with Crippen LogP contribution in [0.4, 0.5) is 5.69 Å². The molecule has 1 aromatic carbocycles. The van der Waals surface area contributed by atoms with Gasteiger partial charge in [-0.1, -0.05) is 0 Å². The van der Waals surface area contributed by atoms with Crippen molar-refractivity contribution < 1.29 is 9.84 Å². The smallest absolute Gasteiger partial charge is 0.122 e. The van der Waals surface area contributed by atoms with E-state index in [9.17, 15) is 0 Å². The van der Waals surface area contributed by atoms with Gasteiger partial charge in [0, 0.05) is 18.8 Å². The van der Waals surface area contributed by atoms with Crippen molar-refractivity contribution in [2.75, 3.05) is 25.6 Å². The molecule has 0 aromatic heterocycles. The third-order valence-electron chi connectivity index (χ3n) is 2.86. The van der Waals surface area contributed by atoms with Crippen LogP contribution in [0.5, 0.6) is 5.75 Å². The predicted octanol–water partition coefficient (Wildman–Crippen LogP) is 2.50. The lowest BCUT2D eigenvalue weighted by molar-refractivity contribution is 0.286. The molecular formula is C13H21NO2. The van der Waals surface area contributed by atoms with Crippen LogP contribution in [0.3, 0.4) is 0 Å². The van der Waals surface area contributed by atoms with Crippen LogP contribution in [0.1, 0.15) is 24.0 Å². The van der Waals surface area contributed by atoms with Gasteiger partial charge in [-0.05, 0) is 49.9 Å². The monoisotopic (exact) mass is 223 g/mol. The quantitative estimate of drug-likeness (QED) is 0.728. The average molecular weight is 223 g/mol. The molecule has 0 heterocycles. The second-order valence-electron chi connectivity index (χ2n) is 3.92. The van der Waals surface area contributed by atoms with Crippen LogP contribution in [0.15, 0.2) is 12.1 Å². The molecule has 3 heteroatoms. The molecule has 0 unspecified atom stereocenters. The number of aliphatic hydroxyl groups excluding tert-OH is 1. The molecule has 1 aromatic rings. The molecule has 90 valence electrons. The van der Waals surface area contributed by atoms with Gasteiger partial charge in [0.25, 0.3) is 0 Å².